The number of carbonyl (C=O) groups excluding carboxylic acids is 2. The number of fused-ring (bicyclic) bond motifs is 4. The second-order valence-electron chi connectivity index (χ2n) is 5.50. The molecule has 4 rings (SSSR count). The Kier molecular flexibility index (Phi) is 2.15. The van der Waals surface area contributed by atoms with Gasteiger partial charge in [0.05, 0.1) is 11.3 Å². The van der Waals surface area contributed by atoms with Gasteiger partial charge in [0, 0.05) is 18.2 Å². The third-order valence-corrected chi connectivity index (χ3v) is 4.27. The highest BCUT2D eigenvalue weighted by molar-refractivity contribution is 6.14. The number of nitrogens with zero attached hydrogens (tertiary/aromatic N) is 1. The Balaban J connectivity index is 2.07. The predicted octanol–water partition coefficient (Wildman–Crippen LogP) is 2.39. The topological polar surface area (TPSA) is 46.6 Å². The maximum absolute atomic E-state index is 12.8. The van der Waals surface area contributed by atoms with Crippen molar-refractivity contribution in [2.45, 2.75) is 12.5 Å². The summed E-state index contributed by atoms with van der Waals surface area (Å²) in [6, 6.07) is 12.9. The zero-order valence-corrected chi connectivity index (χ0v) is 11.7. The van der Waals surface area contributed by atoms with E-state index in [1.165, 1.54) is 0 Å². The zero-order valence-electron chi connectivity index (χ0n) is 11.7. The van der Waals surface area contributed by atoms with Crippen LogP contribution in [0.2, 0.25) is 0 Å². The maximum atomic E-state index is 12.8. The van der Waals surface area contributed by atoms with Gasteiger partial charge in [-0.25, -0.2) is 4.79 Å². The molecule has 2 aliphatic heterocycles. The monoisotopic (exact) mass is 279 g/mol. The largest absolute Gasteiger partial charge is 0.435 e. The van der Waals surface area contributed by atoms with Gasteiger partial charge in [-0.15, -0.1) is 0 Å². The van der Waals surface area contributed by atoms with Gasteiger partial charge < -0.3 is 9.64 Å². The van der Waals surface area contributed by atoms with Crippen LogP contribution in [-0.2, 0) is 15.1 Å². The van der Waals surface area contributed by atoms with Crippen molar-refractivity contribution < 1.29 is 14.3 Å². The molecule has 4 nitrogen and oxygen atoms in total. The van der Waals surface area contributed by atoms with Crippen molar-refractivity contribution in [3.05, 3.63) is 64.7 Å². The molecular weight excluding hydrogens is 266 g/mol. The Labute approximate surface area is 121 Å². The molecule has 1 atom stereocenters. The lowest BCUT2D eigenvalue weighted by Crippen LogP contribution is -2.39. The molecule has 104 valence electrons. The van der Waals surface area contributed by atoms with Crippen LogP contribution < -0.4 is 4.90 Å². The lowest BCUT2D eigenvalue weighted by molar-refractivity contribution is -0.131. The summed E-state index contributed by atoms with van der Waals surface area (Å²) in [5.41, 5.74) is 2.28. The van der Waals surface area contributed by atoms with E-state index in [2.05, 4.69) is 0 Å². The third kappa shape index (κ3) is 1.29. The predicted molar refractivity (Wildman–Crippen MR) is 77.2 cm³/mol. The number of benzene rings is 2. The summed E-state index contributed by atoms with van der Waals surface area (Å²) >= 11 is 0. The van der Waals surface area contributed by atoms with E-state index < -0.39 is 11.6 Å². The number of anilines is 1. The third-order valence-electron chi connectivity index (χ3n) is 4.27. The van der Waals surface area contributed by atoms with E-state index in [0.29, 0.717) is 11.1 Å². The number of aryl methyl sites for hydroxylation is 1. The lowest BCUT2D eigenvalue weighted by Gasteiger charge is -2.22. The van der Waals surface area contributed by atoms with Gasteiger partial charge in [0.2, 0.25) is 5.60 Å². The van der Waals surface area contributed by atoms with E-state index in [4.69, 9.17) is 4.74 Å². The summed E-state index contributed by atoms with van der Waals surface area (Å²) in [6.07, 6.45) is 0. The molecule has 0 saturated carbocycles. The van der Waals surface area contributed by atoms with E-state index in [1.807, 2.05) is 43.3 Å². The Morgan fingerprint density at radius 2 is 1.81 bits per heavy atom. The second-order valence-corrected chi connectivity index (χ2v) is 5.50. The molecule has 2 aliphatic rings. The normalized spacial score (nSPS) is 22.5. The molecule has 0 bridgehead atoms. The first-order chi connectivity index (χ1) is 10.1. The SMILES string of the molecule is Cc1ccc2c(c1)C(=O)OC21C(=O)N(C)c2ccccc21. The molecule has 2 aromatic rings. The summed E-state index contributed by atoms with van der Waals surface area (Å²) in [7, 11) is 1.70. The van der Waals surface area contributed by atoms with Gasteiger partial charge in [0.1, 0.15) is 0 Å². The average molecular weight is 279 g/mol. The first kappa shape index (κ1) is 12.1. The number of likely N-dealkylation sites (N-methyl/N-ethyl adjacent to an activating group) is 1. The second kappa shape index (κ2) is 3.73. The average Bonchev–Trinajstić information content (AvgIpc) is 2.89. The molecule has 21 heavy (non-hydrogen) atoms. The van der Waals surface area contributed by atoms with Crippen LogP contribution in [0.4, 0.5) is 5.69 Å². The molecule has 0 radical (unpaired) electrons. The lowest BCUT2D eigenvalue weighted by atomic mass is 9.86. The molecule has 1 unspecified atom stereocenters. The van der Waals surface area contributed by atoms with Crippen molar-refractivity contribution in [2.75, 3.05) is 11.9 Å². The Morgan fingerprint density at radius 3 is 2.62 bits per heavy atom. The molecule has 4 heteroatoms. The van der Waals surface area contributed by atoms with Gasteiger partial charge in [-0.2, -0.15) is 0 Å². The number of ether oxygens (including phenoxy) is 1. The van der Waals surface area contributed by atoms with Gasteiger partial charge in [0.15, 0.2) is 0 Å². The minimum atomic E-state index is -1.31. The molecule has 0 aromatic heterocycles. The van der Waals surface area contributed by atoms with Crippen molar-refractivity contribution in [1.29, 1.82) is 0 Å². The zero-order chi connectivity index (χ0) is 14.8. The quantitative estimate of drug-likeness (QED) is 0.696. The van der Waals surface area contributed by atoms with Crippen LogP contribution in [0.3, 0.4) is 0 Å². The minimum absolute atomic E-state index is 0.223. The Bertz CT molecular complexity index is 811. The van der Waals surface area contributed by atoms with Crippen molar-refractivity contribution >= 4 is 17.6 Å². The first-order valence-corrected chi connectivity index (χ1v) is 6.78. The number of amides is 1. The molecule has 1 amide bonds. The van der Waals surface area contributed by atoms with Crippen molar-refractivity contribution in [3.8, 4) is 0 Å². The number of carbonyl (C=O) groups is 2. The Morgan fingerprint density at radius 1 is 1.05 bits per heavy atom. The van der Waals surface area contributed by atoms with Crippen molar-refractivity contribution in [3.63, 3.8) is 0 Å². The number of esters is 1. The van der Waals surface area contributed by atoms with E-state index >= 15 is 0 Å². The fourth-order valence-electron chi connectivity index (χ4n) is 3.27. The van der Waals surface area contributed by atoms with Crippen LogP contribution in [0.5, 0.6) is 0 Å². The van der Waals surface area contributed by atoms with Crippen molar-refractivity contribution in [1.82, 2.24) is 0 Å². The van der Waals surface area contributed by atoms with Gasteiger partial charge in [0.25, 0.3) is 5.91 Å². The number of hydrogen-bond acceptors (Lipinski definition) is 3. The number of rotatable bonds is 0. The molecule has 1 spiro atoms. The molecule has 0 saturated heterocycles. The van der Waals surface area contributed by atoms with Crippen LogP contribution >= 0.6 is 0 Å². The van der Waals surface area contributed by atoms with E-state index in [1.54, 1.807) is 18.0 Å². The Hall–Kier alpha value is -2.62. The van der Waals surface area contributed by atoms with Crippen LogP contribution in [0, 0.1) is 6.92 Å². The van der Waals surface area contributed by atoms with Gasteiger partial charge in [-0.3, -0.25) is 4.79 Å². The molecule has 0 N–H and O–H groups in total. The van der Waals surface area contributed by atoms with E-state index in [9.17, 15) is 9.59 Å². The summed E-state index contributed by atoms with van der Waals surface area (Å²) in [4.78, 5) is 26.6. The molecule has 2 heterocycles. The molecule has 2 aromatic carbocycles. The van der Waals surface area contributed by atoms with E-state index in [-0.39, 0.29) is 5.91 Å². The summed E-state index contributed by atoms with van der Waals surface area (Å²) in [6.45, 7) is 1.91. The number of para-hydroxylation sites is 1. The highest BCUT2D eigenvalue weighted by atomic mass is 16.6. The molecule has 0 fully saturated rings. The van der Waals surface area contributed by atoms with Gasteiger partial charge >= 0.3 is 5.97 Å². The van der Waals surface area contributed by atoms with Gasteiger partial charge in [-0.05, 0) is 19.1 Å². The highest BCUT2D eigenvalue weighted by Crippen LogP contribution is 2.50. The highest BCUT2D eigenvalue weighted by Gasteiger charge is 2.59. The first-order valence-electron chi connectivity index (χ1n) is 6.78. The minimum Gasteiger partial charge on any atom is -0.435 e. The summed E-state index contributed by atoms with van der Waals surface area (Å²) in [5, 5.41) is 0. The summed E-state index contributed by atoms with van der Waals surface area (Å²) in [5.74, 6) is -0.660. The van der Waals surface area contributed by atoms with Crippen LogP contribution in [0.1, 0.15) is 27.0 Å². The molecule has 0 aliphatic carbocycles. The van der Waals surface area contributed by atoms with Crippen LogP contribution in [0.25, 0.3) is 0 Å². The fraction of sp³-hybridized carbons (Fsp3) is 0.176. The van der Waals surface area contributed by atoms with Crippen LogP contribution in [0.15, 0.2) is 42.5 Å². The van der Waals surface area contributed by atoms with E-state index in [0.717, 1.165) is 16.8 Å². The summed E-state index contributed by atoms with van der Waals surface area (Å²) < 4.78 is 5.61. The van der Waals surface area contributed by atoms with Crippen LogP contribution in [-0.4, -0.2) is 18.9 Å². The van der Waals surface area contributed by atoms with Gasteiger partial charge in [-0.1, -0.05) is 35.9 Å². The number of hydrogen-bond donors (Lipinski definition) is 0. The maximum Gasteiger partial charge on any atom is 0.340 e. The smallest absolute Gasteiger partial charge is 0.340 e. The standard InChI is InChI=1S/C17H13NO3/c1-10-7-8-12-11(9-10)15(19)21-17(12)13-5-3-4-6-14(13)18(2)16(17)20/h3-9H,1-2H3. The molecular formula is C17H13NO3. The fourth-order valence-corrected chi connectivity index (χ4v) is 3.27. The van der Waals surface area contributed by atoms with Crippen molar-refractivity contribution in [2.24, 2.45) is 0 Å².